The zero-order chi connectivity index (χ0) is 13.5. The topological polar surface area (TPSA) is 75.3 Å². The Kier molecular flexibility index (Phi) is 9.40. The second-order valence-electron chi connectivity index (χ2n) is 5.99. The normalized spacial score (nSPS) is 19.6. The van der Waals surface area contributed by atoms with E-state index >= 15 is 0 Å². The van der Waals surface area contributed by atoms with Crippen molar-refractivity contribution in [2.75, 3.05) is 6.54 Å². The Labute approximate surface area is 122 Å². The molecule has 1 fully saturated rings. The molecule has 2 atom stereocenters. The molecule has 4 N–H and O–H groups in total. The number of aliphatic hydroxyl groups excluding tert-OH is 1. The Bertz CT molecular complexity index is 256. The van der Waals surface area contributed by atoms with Crippen molar-refractivity contribution in [3.8, 4) is 0 Å². The summed E-state index contributed by atoms with van der Waals surface area (Å²) in [7, 11) is 0. The van der Waals surface area contributed by atoms with Crippen LogP contribution in [-0.4, -0.2) is 29.7 Å². The molecule has 1 saturated carbocycles. The fourth-order valence-corrected chi connectivity index (χ4v) is 2.54. The molecule has 0 aromatic heterocycles. The molecule has 0 radical (unpaired) electrons. The van der Waals surface area contributed by atoms with Crippen LogP contribution in [0.1, 0.15) is 52.4 Å². The lowest BCUT2D eigenvalue weighted by atomic mass is 9.84. The maximum absolute atomic E-state index is 11.7. The van der Waals surface area contributed by atoms with Gasteiger partial charge in [0.15, 0.2) is 0 Å². The maximum Gasteiger partial charge on any atom is 0.250 e. The number of nitrogens with one attached hydrogen (secondary N) is 1. The van der Waals surface area contributed by atoms with Crippen molar-refractivity contribution in [1.29, 1.82) is 0 Å². The van der Waals surface area contributed by atoms with Gasteiger partial charge in [0.25, 0.3) is 0 Å². The van der Waals surface area contributed by atoms with E-state index in [4.69, 9.17) is 5.73 Å². The van der Waals surface area contributed by atoms with E-state index < -0.39 is 12.1 Å². The predicted molar refractivity (Wildman–Crippen MR) is 80.3 cm³/mol. The van der Waals surface area contributed by atoms with Crippen LogP contribution < -0.4 is 11.1 Å². The second-order valence-corrected chi connectivity index (χ2v) is 5.99. The number of amides is 1. The monoisotopic (exact) mass is 292 g/mol. The Balaban J connectivity index is 0.00000324. The van der Waals surface area contributed by atoms with Gasteiger partial charge in [-0.3, -0.25) is 4.79 Å². The van der Waals surface area contributed by atoms with Gasteiger partial charge < -0.3 is 16.2 Å². The summed E-state index contributed by atoms with van der Waals surface area (Å²) in [6.45, 7) is 4.63. The molecule has 0 heterocycles. The summed E-state index contributed by atoms with van der Waals surface area (Å²) in [6, 6.07) is -0.430. The van der Waals surface area contributed by atoms with E-state index in [0.717, 1.165) is 6.42 Å². The maximum atomic E-state index is 11.7. The fraction of sp³-hybridized carbons (Fsp3) is 0.929. The lowest BCUT2D eigenvalue weighted by molar-refractivity contribution is -0.130. The van der Waals surface area contributed by atoms with E-state index in [1.807, 2.05) is 13.8 Å². The van der Waals surface area contributed by atoms with Crippen molar-refractivity contribution in [3.63, 3.8) is 0 Å². The number of carbonyl (C=O) groups is 1. The zero-order valence-electron chi connectivity index (χ0n) is 12.1. The van der Waals surface area contributed by atoms with Gasteiger partial charge in [-0.25, -0.2) is 0 Å². The third-order valence-electron chi connectivity index (χ3n) is 3.69. The molecule has 0 spiro atoms. The van der Waals surface area contributed by atoms with E-state index in [1.165, 1.54) is 32.1 Å². The molecular formula is C14H29ClN2O2. The van der Waals surface area contributed by atoms with Crippen molar-refractivity contribution in [2.24, 2.45) is 17.6 Å². The van der Waals surface area contributed by atoms with Gasteiger partial charge in [-0.1, -0.05) is 46.0 Å². The molecular weight excluding hydrogens is 264 g/mol. The quantitative estimate of drug-likeness (QED) is 0.699. The predicted octanol–water partition coefficient (Wildman–Crippen LogP) is 1.84. The van der Waals surface area contributed by atoms with E-state index in [1.54, 1.807) is 0 Å². The molecule has 19 heavy (non-hydrogen) atoms. The van der Waals surface area contributed by atoms with Crippen LogP contribution in [0.15, 0.2) is 0 Å². The minimum atomic E-state index is -1.06. The Morgan fingerprint density at radius 1 is 1.32 bits per heavy atom. The summed E-state index contributed by atoms with van der Waals surface area (Å²) in [5.41, 5.74) is 5.94. The van der Waals surface area contributed by atoms with Crippen molar-refractivity contribution in [1.82, 2.24) is 5.32 Å². The molecule has 5 heteroatoms. The molecule has 1 amide bonds. The molecule has 0 bridgehead atoms. The second kappa shape index (κ2) is 9.56. The number of nitrogens with two attached hydrogens (primary N) is 1. The van der Waals surface area contributed by atoms with E-state index in [2.05, 4.69) is 5.32 Å². The number of aliphatic hydroxyl groups is 1. The smallest absolute Gasteiger partial charge is 0.250 e. The van der Waals surface area contributed by atoms with Gasteiger partial charge in [0.1, 0.15) is 6.10 Å². The highest BCUT2D eigenvalue weighted by atomic mass is 35.5. The molecule has 114 valence electrons. The summed E-state index contributed by atoms with van der Waals surface area (Å²) in [5, 5.41) is 12.6. The first-order valence-electron chi connectivity index (χ1n) is 7.22. The summed E-state index contributed by atoms with van der Waals surface area (Å²) < 4.78 is 0. The van der Waals surface area contributed by atoms with Gasteiger partial charge in [0.2, 0.25) is 5.91 Å². The average molecular weight is 293 g/mol. The number of carbonyl (C=O) groups excluding carboxylic acids is 1. The van der Waals surface area contributed by atoms with Gasteiger partial charge in [-0.15, -0.1) is 12.4 Å². The minimum Gasteiger partial charge on any atom is -0.382 e. The van der Waals surface area contributed by atoms with E-state index in [9.17, 15) is 9.90 Å². The van der Waals surface area contributed by atoms with Crippen molar-refractivity contribution < 1.29 is 9.90 Å². The lowest BCUT2D eigenvalue weighted by Gasteiger charge is -2.26. The highest BCUT2D eigenvalue weighted by Gasteiger charge is 2.26. The zero-order valence-corrected chi connectivity index (χ0v) is 12.9. The number of rotatable bonds is 6. The number of hydrogen-bond donors (Lipinski definition) is 3. The van der Waals surface area contributed by atoms with Crippen LogP contribution in [0.25, 0.3) is 0 Å². The molecule has 4 nitrogen and oxygen atoms in total. The fourth-order valence-electron chi connectivity index (χ4n) is 2.54. The van der Waals surface area contributed by atoms with Gasteiger partial charge in [0, 0.05) is 12.6 Å². The van der Waals surface area contributed by atoms with E-state index in [-0.39, 0.29) is 18.3 Å². The molecule has 1 unspecified atom stereocenters. The molecule has 0 saturated heterocycles. The van der Waals surface area contributed by atoms with E-state index in [0.29, 0.717) is 18.4 Å². The standard InChI is InChI=1S/C14H28N2O2.ClH/c1-10(2)9-16-14(18)13(17)12(15)8-11-6-4-3-5-7-11;/h10-13,17H,3-9,15H2,1-2H3,(H,16,18);1H/t12-,13?;/m0./s1. The third-order valence-corrected chi connectivity index (χ3v) is 3.69. The lowest BCUT2D eigenvalue weighted by Crippen LogP contribution is -2.48. The van der Waals surface area contributed by atoms with Crippen LogP contribution in [-0.2, 0) is 4.79 Å². The van der Waals surface area contributed by atoms with Crippen LogP contribution >= 0.6 is 12.4 Å². The largest absolute Gasteiger partial charge is 0.382 e. The Morgan fingerprint density at radius 2 is 1.89 bits per heavy atom. The summed E-state index contributed by atoms with van der Waals surface area (Å²) in [4.78, 5) is 11.7. The minimum absolute atomic E-state index is 0. The Morgan fingerprint density at radius 3 is 2.42 bits per heavy atom. The molecule has 0 aromatic rings. The number of hydrogen-bond acceptors (Lipinski definition) is 3. The van der Waals surface area contributed by atoms with Crippen LogP contribution in [0.4, 0.5) is 0 Å². The van der Waals surface area contributed by atoms with Crippen molar-refractivity contribution >= 4 is 18.3 Å². The van der Waals surface area contributed by atoms with Gasteiger partial charge in [0.05, 0.1) is 0 Å². The van der Waals surface area contributed by atoms with Crippen LogP contribution in [0.2, 0.25) is 0 Å². The summed E-state index contributed by atoms with van der Waals surface area (Å²) in [6.07, 6.45) is 5.90. The molecule has 1 aliphatic rings. The van der Waals surface area contributed by atoms with Crippen LogP contribution in [0.3, 0.4) is 0 Å². The highest BCUT2D eigenvalue weighted by Crippen LogP contribution is 2.27. The first-order valence-corrected chi connectivity index (χ1v) is 7.22. The molecule has 1 rings (SSSR count). The van der Waals surface area contributed by atoms with Gasteiger partial charge >= 0.3 is 0 Å². The Hall–Kier alpha value is -0.320. The summed E-state index contributed by atoms with van der Waals surface area (Å²) in [5.74, 6) is 0.643. The SMILES string of the molecule is CC(C)CNC(=O)C(O)[C@@H](N)CC1CCCCC1.Cl. The van der Waals surface area contributed by atoms with Crippen molar-refractivity contribution in [3.05, 3.63) is 0 Å². The molecule has 0 aromatic carbocycles. The number of halogens is 1. The molecule has 1 aliphatic carbocycles. The van der Waals surface area contributed by atoms with Crippen LogP contribution in [0.5, 0.6) is 0 Å². The third kappa shape index (κ3) is 7.14. The first kappa shape index (κ1) is 18.7. The highest BCUT2D eigenvalue weighted by molar-refractivity contribution is 5.85. The van der Waals surface area contributed by atoms with Gasteiger partial charge in [-0.05, 0) is 18.3 Å². The molecule has 0 aliphatic heterocycles. The average Bonchev–Trinajstić information content (AvgIpc) is 2.36. The van der Waals surface area contributed by atoms with Crippen LogP contribution in [0, 0.1) is 11.8 Å². The summed E-state index contributed by atoms with van der Waals surface area (Å²) >= 11 is 0. The first-order chi connectivity index (χ1) is 8.50. The van der Waals surface area contributed by atoms with Crippen molar-refractivity contribution in [2.45, 2.75) is 64.5 Å². The van der Waals surface area contributed by atoms with Gasteiger partial charge in [-0.2, -0.15) is 0 Å².